The first kappa shape index (κ1) is 15.1. The van der Waals surface area contributed by atoms with Crippen LogP contribution in [0, 0.1) is 10.1 Å². The van der Waals surface area contributed by atoms with Crippen molar-refractivity contribution in [2.24, 2.45) is 0 Å². The van der Waals surface area contributed by atoms with Gasteiger partial charge in [0.15, 0.2) is 0 Å². The third-order valence-electron chi connectivity index (χ3n) is 2.96. The van der Waals surface area contributed by atoms with Crippen LogP contribution in [0.25, 0.3) is 0 Å². The third kappa shape index (κ3) is 4.69. The molecular weight excluding hydrogens is 244 g/mol. The lowest BCUT2D eigenvalue weighted by Gasteiger charge is -2.13. The van der Waals surface area contributed by atoms with Crippen LogP contribution in [-0.2, 0) is 0 Å². The zero-order valence-electron chi connectivity index (χ0n) is 11.4. The lowest BCUT2D eigenvalue weighted by molar-refractivity contribution is -0.385. The molecule has 1 aromatic rings. The summed E-state index contributed by atoms with van der Waals surface area (Å²) in [6, 6.07) is 6.03. The number of carbonyl (C=O) groups excluding carboxylic acids is 1. The fourth-order valence-corrected chi connectivity index (χ4v) is 1.90. The molecule has 0 bridgehead atoms. The molecule has 1 N–H and O–H groups in total. The van der Waals surface area contributed by atoms with E-state index in [9.17, 15) is 14.9 Å². The van der Waals surface area contributed by atoms with E-state index in [1.54, 1.807) is 12.1 Å². The van der Waals surface area contributed by atoms with E-state index in [1.807, 2.05) is 6.92 Å². The summed E-state index contributed by atoms with van der Waals surface area (Å²) in [7, 11) is 0. The minimum absolute atomic E-state index is 0.0267. The van der Waals surface area contributed by atoms with Gasteiger partial charge in [-0.05, 0) is 19.4 Å². The molecule has 0 fully saturated rings. The molecule has 0 saturated heterocycles. The largest absolute Gasteiger partial charge is 0.349 e. The highest BCUT2D eigenvalue weighted by Gasteiger charge is 2.19. The van der Waals surface area contributed by atoms with E-state index < -0.39 is 4.92 Å². The Morgan fingerprint density at radius 1 is 1.37 bits per heavy atom. The Balaban J connectivity index is 2.65. The second kappa shape index (κ2) is 7.51. The monoisotopic (exact) mass is 264 g/mol. The highest BCUT2D eigenvalue weighted by molar-refractivity contribution is 5.98. The first-order chi connectivity index (χ1) is 9.06. The van der Waals surface area contributed by atoms with Gasteiger partial charge in [-0.2, -0.15) is 0 Å². The predicted octanol–water partition coefficient (Wildman–Crippen LogP) is 3.29. The molecule has 5 heteroatoms. The number of nitro benzene ring substituents is 1. The SMILES string of the molecule is CCCCCC(C)NC(=O)c1ccccc1[N+](=O)[O-]. The van der Waals surface area contributed by atoms with Crippen molar-refractivity contribution in [2.75, 3.05) is 0 Å². The number of hydrogen-bond acceptors (Lipinski definition) is 3. The Morgan fingerprint density at radius 3 is 2.68 bits per heavy atom. The van der Waals surface area contributed by atoms with Crippen LogP contribution in [0.3, 0.4) is 0 Å². The molecule has 0 saturated carbocycles. The molecule has 104 valence electrons. The van der Waals surface area contributed by atoms with Crippen LogP contribution in [0.1, 0.15) is 49.9 Å². The van der Waals surface area contributed by atoms with Gasteiger partial charge >= 0.3 is 0 Å². The van der Waals surface area contributed by atoms with Crippen molar-refractivity contribution < 1.29 is 9.72 Å². The lowest BCUT2D eigenvalue weighted by Crippen LogP contribution is -2.32. The van der Waals surface area contributed by atoms with E-state index in [0.717, 1.165) is 25.7 Å². The number of nitrogens with zero attached hydrogens (tertiary/aromatic N) is 1. The number of nitrogens with one attached hydrogen (secondary N) is 1. The van der Waals surface area contributed by atoms with Crippen LogP contribution in [-0.4, -0.2) is 16.9 Å². The van der Waals surface area contributed by atoms with Gasteiger partial charge in [-0.1, -0.05) is 38.3 Å². The zero-order chi connectivity index (χ0) is 14.3. The summed E-state index contributed by atoms with van der Waals surface area (Å²) in [6.07, 6.45) is 4.20. The molecule has 19 heavy (non-hydrogen) atoms. The Kier molecular flexibility index (Phi) is 5.99. The van der Waals surface area contributed by atoms with Crippen molar-refractivity contribution in [2.45, 2.75) is 45.6 Å². The topological polar surface area (TPSA) is 72.2 Å². The van der Waals surface area contributed by atoms with Crippen LogP contribution in [0.5, 0.6) is 0 Å². The molecule has 1 aromatic carbocycles. The van der Waals surface area contributed by atoms with Crippen LogP contribution in [0.2, 0.25) is 0 Å². The van der Waals surface area contributed by atoms with E-state index in [1.165, 1.54) is 12.1 Å². The fraction of sp³-hybridized carbons (Fsp3) is 0.500. The zero-order valence-corrected chi connectivity index (χ0v) is 11.4. The Hall–Kier alpha value is -1.91. The minimum Gasteiger partial charge on any atom is -0.349 e. The molecule has 1 rings (SSSR count). The maximum atomic E-state index is 12.0. The van der Waals surface area contributed by atoms with Gasteiger partial charge < -0.3 is 5.32 Å². The van der Waals surface area contributed by atoms with Crippen molar-refractivity contribution in [1.82, 2.24) is 5.32 Å². The van der Waals surface area contributed by atoms with E-state index in [2.05, 4.69) is 12.2 Å². The van der Waals surface area contributed by atoms with Gasteiger partial charge in [0.2, 0.25) is 0 Å². The number of unbranched alkanes of at least 4 members (excludes halogenated alkanes) is 2. The van der Waals surface area contributed by atoms with Gasteiger partial charge in [0.05, 0.1) is 4.92 Å². The number of hydrogen-bond donors (Lipinski definition) is 1. The van der Waals surface area contributed by atoms with Crippen molar-refractivity contribution in [1.29, 1.82) is 0 Å². The van der Waals surface area contributed by atoms with Crippen molar-refractivity contribution in [3.63, 3.8) is 0 Å². The number of nitro groups is 1. The second-order valence-corrected chi connectivity index (χ2v) is 4.64. The van der Waals surface area contributed by atoms with E-state index >= 15 is 0 Å². The number of para-hydroxylation sites is 1. The summed E-state index contributed by atoms with van der Waals surface area (Å²) < 4.78 is 0. The molecule has 1 atom stereocenters. The Labute approximate surface area is 113 Å². The van der Waals surface area contributed by atoms with Crippen LogP contribution < -0.4 is 5.32 Å². The molecule has 0 spiro atoms. The highest BCUT2D eigenvalue weighted by atomic mass is 16.6. The van der Waals surface area contributed by atoms with Crippen LogP contribution in [0.4, 0.5) is 5.69 Å². The maximum Gasteiger partial charge on any atom is 0.282 e. The molecule has 1 unspecified atom stereocenters. The maximum absolute atomic E-state index is 12.0. The summed E-state index contributed by atoms with van der Waals surface area (Å²) in [5.74, 6) is -0.378. The molecule has 5 nitrogen and oxygen atoms in total. The second-order valence-electron chi connectivity index (χ2n) is 4.64. The first-order valence-corrected chi connectivity index (χ1v) is 6.60. The molecule has 1 amide bonds. The van der Waals surface area contributed by atoms with Gasteiger partial charge in [-0.15, -0.1) is 0 Å². The summed E-state index contributed by atoms with van der Waals surface area (Å²) in [5.41, 5.74) is -0.0319. The molecule has 0 radical (unpaired) electrons. The van der Waals surface area contributed by atoms with Crippen molar-refractivity contribution in [3.8, 4) is 0 Å². The number of benzene rings is 1. The standard InChI is InChI=1S/C14H20N2O3/c1-3-4-5-8-11(2)15-14(17)12-9-6-7-10-13(12)16(18)19/h6-7,9-11H,3-5,8H2,1-2H3,(H,15,17). The molecular formula is C14H20N2O3. The molecule has 0 aromatic heterocycles. The summed E-state index contributed by atoms with van der Waals surface area (Å²) >= 11 is 0. The molecule has 0 aliphatic carbocycles. The molecule has 0 heterocycles. The van der Waals surface area contributed by atoms with Gasteiger partial charge in [-0.3, -0.25) is 14.9 Å². The Morgan fingerprint density at radius 2 is 2.05 bits per heavy atom. The summed E-state index contributed by atoms with van der Waals surface area (Å²) in [6.45, 7) is 4.04. The highest BCUT2D eigenvalue weighted by Crippen LogP contribution is 2.17. The number of carbonyl (C=O) groups is 1. The first-order valence-electron chi connectivity index (χ1n) is 6.60. The smallest absolute Gasteiger partial charge is 0.282 e. The average Bonchev–Trinajstić information content (AvgIpc) is 2.39. The van der Waals surface area contributed by atoms with E-state index in [-0.39, 0.29) is 23.2 Å². The van der Waals surface area contributed by atoms with Crippen LogP contribution in [0.15, 0.2) is 24.3 Å². The molecule has 0 aliphatic heterocycles. The quantitative estimate of drug-likeness (QED) is 0.466. The van der Waals surface area contributed by atoms with Crippen molar-refractivity contribution in [3.05, 3.63) is 39.9 Å². The summed E-state index contributed by atoms with van der Waals surface area (Å²) in [4.78, 5) is 22.3. The normalized spacial score (nSPS) is 11.9. The minimum atomic E-state index is -0.531. The average molecular weight is 264 g/mol. The predicted molar refractivity (Wildman–Crippen MR) is 74.2 cm³/mol. The van der Waals surface area contributed by atoms with E-state index in [4.69, 9.17) is 0 Å². The van der Waals surface area contributed by atoms with Gasteiger partial charge in [0.1, 0.15) is 5.56 Å². The van der Waals surface area contributed by atoms with Crippen LogP contribution >= 0.6 is 0 Å². The Bertz CT molecular complexity index is 446. The third-order valence-corrected chi connectivity index (χ3v) is 2.96. The van der Waals surface area contributed by atoms with Gasteiger partial charge in [0.25, 0.3) is 11.6 Å². The van der Waals surface area contributed by atoms with Crippen molar-refractivity contribution >= 4 is 11.6 Å². The fourth-order valence-electron chi connectivity index (χ4n) is 1.90. The summed E-state index contributed by atoms with van der Waals surface area (Å²) in [5, 5.41) is 13.7. The number of rotatable bonds is 7. The molecule has 0 aliphatic rings. The van der Waals surface area contributed by atoms with Gasteiger partial charge in [0, 0.05) is 12.1 Å². The number of amides is 1. The lowest BCUT2D eigenvalue weighted by atomic mass is 10.1. The van der Waals surface area contributed by atoms with E-state index in [0.29, 0.717) is 0 Å². The van der Waals surface area contributed by atoms with Gasteiger partial charge in [-0.25, -0.2) is 0 Å².